The van der Waals surface area contributed by atoms with Crippen molar-refractivity contribution in [2.24, 2.45) is 13.0 Å². The van der Waals surface area contributed by atoms with Gasteiger partial charge < -0.3 is 9.84 Å². The largest absolute Gasteiger partial charge is 0.392 e. The lowest BCUT2D eigenvalue weighted by Gasteiger charge is -2.30. The molecule has 6 nitrogen and oxygen atoms in total. The Morgan fingerprint density at radius 3 is 2.44 bits per heavy atom. The van der Waals surface area contributed by atoms with Gasteiger partial charge in [0.05, 0.1) is 22.3 Å². The lowest BCUT2D eigenvalue weighted by molar-refractivity contribution is -0.850. The van der Waals surface area contributed by atoms with Crippen LogP contribution in [0.4, 0.5) is 5.88 Å². The van der Waals surface area contributed by atoms with E-state index < -0.39 is 16.3 Å². The van der Waals surface area contributed by atoms with Crippen LogP contribution in [0.25, 0.3) is 0 Å². The summed E-state index contributed by atoms with van der Waals surface area (Å²) in [6, 6.07) is 1.82. The number of ether oxygens (including phenoxy) is 1. The van der Waals surface area contributed by atoms with Crippen molar-refractivity contribution in [1.82, 2.24) is 0 Å². The van der Waals surface area contributed by atoms with Crippen LogP contribution >= 0.6 is 11.8 Å². The van der Waals surface area contributed by atoms with Crippen LogP contribution < -0.4 is 10.1 Å². The van der Waals surface area contributed by atoms with E-state index >= 15 is 0 Å². The van der Waals surface area contributed by atoms with E-state index in [1.807, 2.05) is 47.6 Å². The first-order valence-electron chi connectivity index (χ1n) is 9.71. The summed E-state index contributed by atoms with van der Waals surface area (Å²) in [4.78, 5) is 12.8. The standard InChI is InChI=1S/C20H34N2O4S/c1-13(2)17(23)19(3,4)15-12-16(26-22(15)7)21-18(24)20(5,6)27-14-8-10-25-11-9-14/h12-14,17,23H,8-11H2,1-7H3/p+1. The summed E-state index contributed by atoms with van der Waals surface area (Å²) < 4.78 is 12.2. The highest BCUT2D eigenvalue weighted by Crippen LogP contribution is 2.35. The van der Waals surface area contributed by atoms with Gasteiger partial charge in [-0.3, -0.25) is 10.1 Å². The van der Waals surface area contributed by atoms with Gasteiger partial charge in [0, 0.05) is 18.5 Å². The van der Waals surface area contributed by atoms with Crippen LogP contribution in [0.15, 0.2) is 10.6 Å². The van der Waals surface area contributed by atoms with Crippen LogP contribution in [0.1, 0.15) is 60.1 Å². The van der Waals surface area contributed by atoms with Gasteiger partial charge in [0.15, 0.2) is 7.05 Å². The molecule has 0 saturated carbocycles. The highest BCUT2D eigenvalue weighted by molar-refractivity contribution is 8.02. The fraction of sp³-hybridized carbons (Fsp3) is 0.800. The molecule has 7 heteroatoms. The molecule has 0 aliphatic carbocycles. The highest BCUT2D eigenvalue weighted by Gasteiger charge is 2.42. The third-order valence-electron chi connectivity index (χ3n) is 5.29. The van der Waals surface area contributed by atoms with Crippen LogP contribution in [0.3, 0.4) is 0 Å². The van der Waals surface area contributed by atoms with E-state index in [9.17, 15) is 9.90 Å². The Labute approximate surface area is 167 Å². The quantitative estimate of drug-likeness (QED) is 0.690. The Morgan fingerprint density at radius 1 is 1.30 bits per heavy atom. The van der Waals surface area contributed by atoms with E-state index in [0.29, 0.717) is 11.1 Å². The van der Waals surface area contributed by atoms with Gasteiger partial charge in [0.25, 0.3) is 5.88 Å². The van der Waals surface area contributed by atoms with Crippen molar-refractivity contribution in [2.75, 3.05) is 18.5 Å². The number of aromatic nitrogens is 1. The molecule has 27 heavy (non-hydrogen) atoms. The topological polar surface area (TPSA) is 75.6 Å². The maximum absolute atomic E-state index is 12.8. The number of nitrogens with zero attached hydrogens (tertiary/aromatic N) is 1. The van der Waals surface area contributed by atoms with E-state index in [2.05, 4.69) is 5.32 Å². The fourth-order valence-corrected chi connectivity index (χ4v) is 5.02. The van der Waals surface area contributed by atoms with E-state index in [1.165, 1.54) is 0 Å². The summed E-state index contributed by atoms with van der Waals surface area (Å²) in [6.45, 7) is 13.4. The molecule has 0 radical (unpaired) electrons. The van der Waals surface area contributed by atoms with Crippen molar-refractivity contribution in [2.45, 2.75) is 75.9 Å². The first kappa shape index (κ1) is 22.2. The molecule has 1 unspecified atom stereocenters. The molecule has 0 spiro atoms. The number of rotatable bonds is 7. The molecule has 2 heterocycles. The molecule has 1 aliphatic rings. The summed E-state index contributed by atoms with van der Waals surface area (Å²) in [7, 11) is 1.79. The van der Waals surface area contributed by atoms with Crippen molar-refractivity contribution in [3.05, 3.63) is 11.8 Å². The number of thioether (sulfide) groups is 1. The van der Waals surface area contributed by atoms with Crippen LogP contribution in [0, 0.1) is 5.92 Å². The second-order valence-electron chi connectivity index (χ2n) is 8.79. The molecule has 1 saturated heterocycles. The molecule has 1 aromatic rings. The van der Waals surface area contributed by atoms with Crippen molar-refractivity contribution in [3.8, 4) is 0 Å². The molecule has 2 rings (SSSR count). The number of hydrogen-bond acceptors (Lipinski definition) is 5. The van der Waals surface area contributed by atoms with Crippen molar-refractivity contribution in [1.29, 1.82) is 0 Å². The Bertz CT molecular complexity index is 648. The number of aliphatic hydroxyl groups is 1. The number of aliphatic hydroxyl groups excluding tert-OH is 1. The number of aryl methyl sites for hydroxylation is 1. The fourth-order valence-electron chi connectivity index (χ4n) is 3.60. The lowest BCUT2D eigenvalue weighted by atomic mass is 9.78. The normalized spacial score (nSPS) is 18.0. The molecular formula is C20H35N2O4S+. The van der Waals surface area contributed by atoms with Crippen LogP contribution in [0.5, 0.6) is 0 Å². The Morgan fingerprint density at radius 2 is 1.89 bits per heavy atom. The molecule has 1 amide bonds. The molecule has 154 valence electrons. The average molecular weight is 400 g/mol. The highest BCUT2D eigenvalue weighted by atomic mass is 32.2. The molecule has 1 atom stereocenters. The van der Waals surface area contributed by atoms with Crippen molar-refractivity contribution >= 4 is 23.6 Å². The van der Waals surface area contributed by atoms with E-state index in [-0.39, 0.29) is 11.8 Å². The van der Waals surface area contributed by atoms with Gasteiger partial charge in [-0.2, -0.15) is 0 Å². The van der Waals surface area contributed by atoms with Gasteiger partial charge in [-0.05, 0) is 51.2 Å². The second-order valence-corrected chi connectivity index (χ2v) is 10.7. The van der Waals surface area contributed by atoms with E-state index in [0.717, 1.165) is 31.7 Å². The molecule has 0 aromatic carbocycles. The Balaban J connectivity index is 2.10. The number of carbonyl (C=O) groups excluding carboxylic acids is 1. The number of carbonyl (C=O) groups is 1. The van der Waals surface area contributed by atoms with Crippen molar-refractivity contribution in [3.63, 3.8) is 0 Å². The first-order valence-corrected chi connectivity index (χ1v) is 10.6. The van der Waals surface area contributed by atoms with Gasteiger partial charge in [0.2, 0.25) is 11.6 Å². The van der Waals surface area contributed by atoms with Gasteiger partial charge in [-0.25, -0.2) is 4.52 Å². The maximum Gasteiger partial charge on any atom is 0.282 e. The summed E-state index contributed by atoms with van der Waals surface area (Å²) in [6.07, 6.45) is 1.43. The number of amides is 1. The summed E-state index contributed by atoms with van der Waals surface area (Å²) in [5.41, 5.74) is 0.343. The summed E-state index contributed by atoms with van der Waals surface area (Å²) in [5, 5.41) is 13.9. The minimum Gasteiger partial charge on any atom is -0.392 e. The molecular weight excluding hydrogens is 364 g/mol. The minimum absolute atomic E-state index is 0.0814. The van der Waals surface area contributed by atoms with Gasteiger partial charge in [-0.15, -0.1) is 11.8 Å². The smallest absolute Gasteiger partial charge is 0.282 e. The van der Waals surface area contributed by atoms with Gasteiger partial charge in [-0.1, -0.05) is 13.8 Å². The maximum atomic E-state index is 12.8. The first-order chi connectivity index (χ1) is 12.4. The monoisotopic (exact) mass is 399 g/mol. The predicted molar refractivity (Wildman–Crippen MR) is 108 cm³/mol. The zero-order chi connectivity index (χ0) is 20.4. The van der Waals surface area contributed by atoms with Gasteiger partial charge >= 0.3 is 0 Å². The number of nitrogens with one attached hydrogen (secondary N) is 1. The van der Waals surface area contributed by atoms with Crippen molar-refractivity contribution < 1.29 is 23.9 Å². The predicted octanol–water partition coefficient (Wildman–Crippen LogP) is 3.03. The third-order valence-corrected chi connectivity index (χ3v) is 6.87. The third kappa shape index (κ3) is 5.27. The number of anilines is 1. The zero-order valence-electron chi connectivity index (χ0n) is 17.7. The SMILES string of the molecule is CC(C)C(O)C(C)(C)c1cc(NC(=O)C(C)(C)SC2CCOCC2)o[n+]1C. The minimum atomic E-state index is -0.569. The summed E-state index contributed by atoms with van der Waals surface area (Å²) in [5.74, 6) is 0.437. The molecule has 2 N–H and O–H groups in total. The van der Waals surface area contributed by atoms with E-state index in [4.69, 9.17) is 9.26 Å². The summed E-state index contributed by atoms with van der Waals surface area (Å²) >= 11 is 1.70. The second kappa shape index (κ2) is 8.53. The van der Waals surface area contributed by atoms with Crippen LogP contribution in [-0.4, -0.2) is 40.3 Å². The molecule has 1 aromatic heterocycles. The molecule has 1 fully saturated rings. The lowest BCUT2D eigenvalue weighted by Crippen LogP contribution is -2.46. The van der Waals surface area contributed by atoms with Crippen LogP contribution in [-0.2, 0) is 22.0 Å². The van der Waals surface area contributed by atoms with Crippen LogP contribution in [0.2, 0.25) is 0 Å². The van der Waals surface area contributed by atoms with Gasteiger partial charge in [0.1, 0.15) is 0 Å². The zero-order valence-corrected chi connectivity index (χ0v) is 18.5. The molecule has 1 aliphatic heterocycles. The Kier molecular flexibility index (Phi) is 7.03. The average Bonchev–Trinajstić information content (AvgIpc) is 2.95. The Hall–Kier alpha value is -1.05. The molecule has 0 bridgehead atoms. The number of hydrogen-bond donors (Lipinski definition) is 2. The van der Waals surface area contributed by atoms with E-state index in [1.54, 1.807) is 23.5 Å².